The first kappa shape index (κ1) is 15.3. The van der Waals surface area contributed by atoms with E-state index in [1.54, 1.807) is 5.38 Å². The normalized spacial score (nSPS) is 19.5. The quantitative estimate of drug-likeness (QED) is 0.751. The van der Waals surface area contributed by atoms with Gasteiger partial charge in [0.15, 0.2) is 5.13 Å². The van der Waals surface area contributed by atoms with Crippen molar-refractivity contribution in [1.29, 1.82) is 0 Å². The topological polar surface area (TPSA) is 88.2 Å². The molecule has 0 amide bonds. The molecule has 112 valence electrons. The second kappa shape index (κ2) is 7.04. The van der Waals surface area contributed by atoms with Crippen molar-refractivity contribution in [2.75, 3.05) is 5.32 Å². The molecule has 1 aliphatic carbocycles. The largest absolute Gasteiger partial charge is 0.480 e. The zero-order valence-electron chi connectivity index (χ0n) is 11.8. The maximum Gasteiger partial charge on any atom is 0.326 e. The van der Waals surface area contributed by atoms with Crippen LogP contribution >= 0.6 is 11.3 Å². The molecule has 5 nitrogen and oxygen atoms in total. The fourth-order valence-corrected chi connectivity index (χ4v) is 3.68. The highest BCUT2D eigenvalue weighted by Crippen LogP contribution is 2.30. The van der Waals surface area contributed by atoms with Crippen LogP contribution in [0.4, 0.5) is 5.13 Å². The van der Waals surface area contributed by atoms with E-state index in [0.29, 0.717) is 17.7 Å². The maximum absolute atomic E-state index is 10.9. The highest BCUT2D eigenvalue weighted by atomic mass is 32.1. The average Bonchev–Trinajstić information content (AvgIpc) is 2.93. The van der Waals surface area contributed by atoms with Crippen LogP contribution in [0.1, 0.15) is 57.2 Å². The SMILES string of the molecule is CCC(Nc1nc(C(N)C(=O)O)cs1)C1CCCCC1. The van der Waals surface area contributed by atoms with Gasteiger partial charge in [-0.3, -0.25) is 4.79 Å². The number of carboxylic acids is 1. The van der Waals surface area contributed by atoms with Gasteiger partial charge in [0.2, 0.25) is 0 Å². The van der Waals surface area contributed by atoms with E-state index in [9.17, 15) is 4.79 Å². The summed E-state index contributed by atoms with van der Waals surface area (Å²) in [6, 6.07) is -0.605. The number of thiazole rings is 1. The third-order valence-electron chi connectivity index (χ3n) is 4.07. The van der Waals surface area contributed by atoms with Crippen molar-refractivity contribution < 1.29 is 9.90 Å². The number of aliphatic carboxylic acids is 1. The Balaban J connectivity index is 1.98. The van der Waals surface area contributed by atoms with Gasteiger partial charge < -0.3 is 16.2 Å². The van der Waals surface area contributed by atoms with E-state index < -0.39 is 12.0 Å². The van der Waals surface area contributed by atoms with Crippen LogP contribution in [0.5, 0.6) is 0 Å². The summed E-state index contributed by atoms with van der Waals surface area (Å²) in [6.07, 6.45) is 7.59. The Bertz CT molecular complexity index is 443. The molecule has 0 bridgehead atoms. The van der Waals surface area contributed by atoms with Crippen LogP contribution in [0.2, 0.25) is 0 Å². The molecule has 4 N–H and O–H groups in total. The van der Waals surface area contributed by atoms with E-state index >= 15 is 0 Å². The Kier molecular flexibility index (Phi) is 5.37. The Morgan fingerprint density at radius 3 is 2.85 bits per heavy atom. The number of aromatic nitrogens is 1. The predicted molar refractivity (Wildman–Crippen MR) is 81.0 cm³/mol. The van der Waals surface area contributed by atoms with Gasteiger partial charge in [-0.05, 0) is 25.2 Å². The molecule has 0 radical (unpaired) electrons. The second-order valence-electron chi connectivity index (χ2n) is 5.45. The van der Waals surface area contributed by atoms with E-state index in [-0.39, 0.29) is 0 Å². The van der Waals surface area contributed by atoms with Crippen LogP contribution in [-0.2, 0) is 4.79 Å². The van der Waals surface area contributed by atoms with Crippen molar-refractivity contribution in [2.24, 2.45) is 11.7 Å². The Hall–Kier alpha value is -1.14. The lowest BCUT2D eigenvalue weighted by atomic mass is 9.83. The summed E-state index contributed by atoms with van der Waals surface area (Å²) >= 11 is 1.44. The summed E-state index contributed by atoms with van der Waals surface area (Å²) in [5.41, 5.74) is 6.01. The van der Waals surface area contributed by atoms with Crippen molar-refractivity contribution in [3.8, 4) is 0 Å². The van der Waals surface area contributed by atoms with E-state index in [4.69, 9.17) is 10.8 Å². The molecule has 1 aromatic heterocycles. The number of anilines is 1. The Morgan fingerprint density at radius 1 is 1.55 bits per heavy atom. The molecule has 2 unspecified atom stereocenters. The van der Waals surface area contributed by atoms with Crippen molar-refractivity contribution in [3.63, 3.8) is 0 Å². The van der Waals surface area contributed by atoms with Gasteiger partial charge in [-0.1, -0.05) is 26.2 Å². The zero-order chi connectivity index (χ0) is 14.5. The van der Waals surface area contributed by atoms with Gasteiger partial charge in [-0.25, -0.2) is 4.98 Å². The van der Waals surface area contributed by atoms with Gasteiger partial charge in [0.25, 0.3) is 0 Å². The highest BCUT2D eigenvalue weighted by Gasteiger charge is 2.24. The summed E-state index contributed by atoms with van der Waals surface area (Å²) in [5, 5.41) is 14.9. The minimum atomic E-state index is -1.04. The zero-order valence-corrected chi connectivity index (χ0v) is 12.7. The minimum absolute atomic E-state index is 0.426. The standard InChI is InChI=1S/C14H23N3O2S/c1-2-10(9-6-4-3-5-7-9)16-14-17-11(8-20-14)12(15)13(18)19/h8-10,12H,2-7,15H2,1H3,(H,16,17)(H,18,19). The molecule has 1 aromatic rings. The Labute approximate surface area is 123 Å². The number of nitrogens with two attached hydrogens (primary N) is 1. The van der Waals surface area contributed by atoms with Crippen LogP contribution in [0, 0.1) is 5.92 Å². The number of rotatable bonds is 6. The van der Waals surface area contributed by atoms with Gasteiger partial charge in [0.05, 0.1) is 5.69 Å². The lowest BCUT2D eigenvalue weighted by molar-refractivity contribution is -0.138. The van der Waals surface area contributed by atoms with Crippen LogP contribution in [-0.4, -0.2) is 22.1 Å². The first-order valence-corrected chi connectivity index (χ1v) is 8.20. The summed E-state index contributed by atoms with van der Waals surface area (Å²) in [7, 11) is 0. The second-order valence-corrected chi connectivity index (χ2v) is 6.31. The molecule has 6 heteroatoms. The molecule has 0 aliphatic heterocycles. The third kappa shape index (κ3) is 3.70. The van der Waals surface area contributed by atoms with E-state index in [1.165, 1.54) is 43.4 Å². The molecule has 0 saturated heterocycles. The molecule has 0 aromatic carbocycles. The van der Waals surface area contributed by atoms with Gasteiger partial charge in [0.1, 0.15) is 6.04 Å². The first-order valence-electron chi connectivity index (χ1n) is 7.32. The average molecular weight is 297 g/mol. The molecule has 0 spiro atoms. The molecule has 1 fully saturated rings. The fourth-order valence-electron chi connectivity index (χ4n) is 2.87. The number of carboxylic acid groups (broad SMARTS) is 1. The third-order valence-corrected chi connectivity index (χ3v) is 4.87. The van der Waals surface area contributed by atoms with E-state index in [0.717, 1.165) is 11.6 Å². The minimum Gasteiger partial charge on any atom is -0.480 e. The number of hydrogen-bond donors (Lipinski definition) is 3. The molecule has 1 heterocycles. The maximum atomic E-state index is 10.9. The van der Waals surface area contributed by atoms with E-state index in [1.807, 2.05) is 0 Å². The number of nitrogens with zero attached hydrogens (tertiary/aromatic N) is 1. The molecule has 20 heavy (non-hydrogen) atoms. The lowest BCUT2D eigenvalue weighted by Crippen LogP contribution is -2.30. The van der Waals surface area contributed by atoms with Crippen molar-refractivity contribution in [3.05, 3.63) is 11.1 Å². The molecule has 1 aliphatic rings. The summed E-state index contributed by atoms with van der Waals surface area (Å²) in [4.78, 5) is 15.2. The number of hydrogen-bond acceptors (Lipinski definition) is 5. The Morgan fingerprint density at radius 2 is 2.25 bits per heavy atom. The van der Waals surface area contributed by atoms with E-state index in [2.05, 4.69) is 17.2 Å². The van der Waals surface area contributed by atoms with Gasteiger partial charge in [-0.2, -0.15) is 0 Å². The van der Waals surface area contributed by atoms with Gasteiger partial charge in [0, 0.05) is 11.4 Å². The molecule has 1 saturated carbocycles. The summed E-state index contributed by atoms with van der Waals surface area (Å²) in [6.45, 7) is 2.18. The fraction of sp³-hybridized carbons (Fsp3) is 0.714. The molecule has 2 rings (SSSR count). The summed E-state index contributed by atoms with van der Waals surface area (Å²) < 4.78 is 0. The van der Waals surface area contributed by atoms with Crippen LogP contribution < -0.4 is 11.1 Å². The van der Waals surface area contributed by atoms with Crippen LogP contribution in [0.25, 0.3) is 0 Å². The lowest BCUT2D eigenvalue weighted by Gasteiger charge is -2.30. The molecular weight excluding hydrogens is 274 g/mol. The molecular formula is C14H23N3O2S. The van der Waals surface area contributed by atoms with Gasteiger partial charge >= 0.3 is 5.97 Å². The molecule has 2 atom stereocenters. The summed E-state index contributed by atoms with van der Waals surface area (Å²) in [5.74, 6) is -0.338. The van der Waals surface area contributed by atoms with Crippen LogP contribution in [0.15, 0.2) is 5.38 Å². The van der Waals surface area contributed by atoms with Crippen LogP contribution in [0.3, 0.4) is 0 Å². The number of carbonyl (C=O) groups is 1. The van der Waals surface area contributed by atoms with Crippen molar-refractivity contribution in [1.82, 2.24) is 4.98 Å². The van der Waals surface area contributed by atoms with Crippen molar-refractivity contribution in [2.45, 2.75) is 57.5 Å². The first-order chi connectivity index (χ1) is 9.61. The van der Waals surface area contributed by atoms with Gasteiger partial charge in [-0.15, -0.1) is 11.3 Å². The monoisotopic (exact) mass is 297 g/mol. The highest BCUT2D eigenvalue weighted by molar-refractivity contribution is 7.13. The predicted octanol–water partition coefficient (Wildman–Crippen LogP) is 3.00. The number of nitrogens with one attached hydrogen (secondary N) is 1. The van der Waals surface area contributed by atoms with Crippen molar-refractivity contribution >= 4 is 22.4 Å². The smallest absolute Gasteiger partial charge is 0.326 e.